The van der Waals surface area contributed by atoms with Gasteiger partial charge in [0.05, 0.1) is 11.8 Å². The fourth-order valence-corrected chi connectivity index (χ4v) is 2.42. The van der Waals surface area contributed by atoms with Gasteiger partial charge >= 0.3 is 26.2 Å². The predicted octanol–water partition coefficient (Wildman–Crippen LogP) is -0.320. The molecule has 0 fully saturated rings. The van der Waals surface area contributed by atoms with Gasteiger partial charge in [-0.1, -0.05) is 50.2 Å². The third kappa shape index (κ3) is 9.44. The van der Waals surface area contributed by atoms with Crippen LogP contribution in [0.15, 0.2) is 36.4 Å². The van der Waals surface area contributed by atoms with Crippen LogP contribution in [0.5, 0.6) is 0 Å². The first-order valence-corrected chi connectivity index (χ1v) is 8.89. The minimum Gasteiger partial charge on any atom is -1.00 e. The van der Waals surface area contributed by atoms with Crippen LogP contribution < -0.4 is 9.41 Å². The molecule has 0 N–H and O–H groups in total. The molecule has 29 heavy (non-hydrogen) atoms. The predicted molar refractivity (Wildman–Crippen MR) is 108 cm³/mol. The second-order valence-corrected chi connectivity index (χ2v) is 6.05. The molecule has 0 aliphatic heterocycles. The summed E-state index contributed by atoms with van der Waals surface area (Å²) in [6, 6.07) is 11.4. The van der Waals surface area contributed by atoms with Gasteiger partial charge in [-0.15, -0.1) is 13.1 Å². The second-order valence-electron chi connectivity index (χ2n) is 6.05. The van der Waals surface area contributed by atoms with Crippen LogP contribution in [0.1, 0.15) is 56.8 Å². The van der Waals surface area contributed by atoms with Gasteiger partial charge in [-0.2, -0.15) is 0 Å². The summed E-state index contributed by atoms with van der Waals surface area (Å²) in [5.41, 5.74) is 5.78. The molecule has 0 aliphatic rings. The topological polar surface area (TPSA) is 62.3 Å². The molecule has 2 aromatic rings. The van der Waals surface area contributed by atoms with Crippen LogP contribution in [0.3, 0.4) is 0 Å². The Labute approximate surface area is 191 Å². The Bertz CT molecular complexity index is 718. The Morgan fingerprint density at radius 3 is 1.28 bits per heavy atom. The van der Waals surface area contributed by atoms with Crippen LogP contribution in [0.25, 0.3) is 10.6 Å². The molecule has 0 atom stereocenters. The first-order chi connectivity index (χ1) is 12.3. The standard InChI is InChI=1S/2C11H15NO.2FH.Zr/c2*1-4-12-11(13)10-7-5-6-8(2)9(10)3;;;/h2*5-7H,4H2,1-3H3,(H,12,13);2*1H;/q;;;;+4/p-4. The number of halogens is 2. The zero-order valence-electron chi connectivity index (χ0n) is 17.8. The van der Waals surface area contributed by atoms with Gasteiger partial charge in [0, 0.05) is 11.1 Å². The van der Waals surface area contributed by atoms with E-state index in [0.717, 1.165) is 33.4 Å². The van der Waals surface area contributed by atoms with Crippen LogP contribution >= 0.6 is 0 Å². The molecule has 0 aliphatic carbocycles. The fraction of sp³-hybridized carbons (Fsp3) is 0.364. The zero-order chi connectivity index (χ0) is 19.7. The number of nitrogens with zero attached hydrogens (tertiary/aromatic N) is 2. The molecular weight excluding hydrogens is 453 g/mol. The molecule has 0 heterocycles. The molecule has 156 valence electrons. The third-order valence-electron chi connectivity index (χ3n) is 4.27. The van der Waals surface area contributed by atoms with E-state index in [2.05, 4.69) is 10.6 Å². The molecule has 0 saturated heterocycles. The minimum absolute atomic E-state index is 0. The van der Waals surface area contributed by atoms with Crippen molar-refractivity contribution >= 4 is 11.8 Å². The maximum Gasteiger partial charge on any atom is 4.00 e. The van der Waals surface area contributed by atoms with E-state index in [4.69, 9.17) is 0 Å². The molecule has 2 aromatic carbocycles. The van der Waals surface area contributed by atoms with Crippen molar-refractivity contribution in [1.82, 2.24) is 0 Å². The number of amides is 2. The number of benzene rings is 2. The Hall–Kier alpha value is -1.88. The van der Waals surface area contributed by atoms with Crippen molar-refractivity contribution in [3.8, 4) is 0 Å². The number of carbonyl (C=O) groups is 2. The summed E-state index contributed by atoms with van der Waals surface area (Å²) in [5, 5.41) is 7.72. The zero-order valence-corrected chi connectivity index (χ0v) is 20.3. The molecule has 0 spiro atoms. The normalized spacial score (nSPS) is 8.76. The maximum absolute atomic E-state index is 11.5. The van der Waals surface area contributed by atoms with Crippen molar-refractivity contribution in [2.24, 2.45) is 0 Å². The van der Waals surface area contributed by atoms with Gasteiger partial charge in [-0.05, 0) is 49.9 Å². The summed E-state index contributed by atoms with van der Waals surface area (Å²) < 4.78 is 0. The smallest absolute Gasteiger partial charge is 1.00 e. The molecular formula is C22H28F2N2O2Zr. The van der Waals surface area contributed by atoms with E-state index in [0.29, 0.717) is 13.1 Å². The van der Waals surface area contributed by atoms with Gasteiger partial charge in [0.1, 0.15) is 0 Å². The number of carbonyl (C=O) groups excluding carboxylic acids is 2. The largest absolute Gasteiger partial charge is 4.00 e. The molecule has 0 bridgehead atoms. The summed E-state index contributed by atoms with van der Waals surface area (Å²) in [5.74, 6) is -0.215. The van der Waals surface area contributed by atoms with Crippen molar-refractivity contribution in [2.75, 3.05) is 13.1 Å². The summed E-state index contributed by atoms with van der Waals surface area (Å²) in [7, 11) is 0. The SMILES string of the molecule is CC[N-]C(=O)c1cccc(C)c1C.CC[N-]C(=O)c1cccc(C)c1C.[F-].[F-].[Zr+4]. The Morgan fingerprint density at radius 1 is 0.690 bits per heavy atom. The second kappa shape index (κ2) is 16.0. The van der Waals surface area contributed by atoms with Crippen LogP contribution in [0.4, 0.5) is 0 Å². The molecule has 0 radical (unpaired) electrons. The summed E-state index contributed by atoms with van der Waals surface area (Å²) in [6.07, 6.45) is 0. The quantitative estimate of drug-likeness (QED) is 0.601. The Kier molecular flexibility index (Phi) is 17.5. The van der Waals surface area contributed by atoms with Gasteiger partial charge < -0.3 is 29.6 Å². The van der Waals surface area contributed by atoms with E-state index in [-0.39, 0.29) is 47.4 Å². The first kappa shape index (κ1) is 31.8. The molecule has 2 rings (SSSR count). The average Bonchev–Trinajstić information content (AvgIpc) is 2.60. The molecule has 7 heteroatoms. The van der Waals surface area contributed by atoms with E-state index < -0.39 is 0 Å². The average molecular weight is 482 g/mol. The first-order valence-electron chi connectivity index (χ1n) is 8.89. The van der Waals surface area contributed by atoms with Gasteiger partial charge in [0.15, 0.2) is 0 Å². The molecule has 0 saturated carbocycles. The summed E-state index contributed by atoms with van der Waals surface area (Å²) in [6.45, 7) is 12.7. The Morgan fingerprint density at radius 2 is 1.00 bits per heavy atom. The van der Waals surface area contributed by atoms with E-state index in [1.54, 1.807) is 0 Å². The maximum atomic E-state index is 11.5. The third-order valence-corrected chi connectivity index (χ3v) is 4.27. The van der Waals surface area contributed by atoms with E-state index >= 15 is 0 Å². The van der Waals surface area contributed by atoms with Crippen molar-refractivity contribution in [3.63, 3.8) is 0 Å². The fourth-order valence-electron chi connectivity index (χ4n) is 2.42. The van der Waals surface area contributed by atoms with Crippen LogP contribution in [-0.2, 0) is 26.2 Å². The van der Waals surface area contributed by atoms with Crippen LogP contribution in [-0.4, -0.2) is 24.9 Å². The molecule has 2 amide bonds. The van der Waals surface area contributed by atoms with Crippen molar-refractivity contribution in [1.29, 1.82) is 0 Å². The number of rotatable bonds is 4. The number of aryl methyl sites for hydroxylation is 2. The molecule has 0 aromatic heterocycles. The summed E-state index contributed by atoms with van der Waals surface area (Å²) >= 11 is 0. The van der Waals surface area contributed by atoms with E-state index in [9.17, 15) is 9.59 Å². The molecule has 4 nitrogen and oxygen atoms in total. The summed E-state index contributed by atoms with van der Waals surface area (Å²) in [4.78, 5) is 22.9. The van der Waals surface area contributed by atoms with Crippen molar-refractivity contribution in [3.05, 3.63) is 80.4 Å². The van der Waals surface area contributed by atoms with Gasteiger partial charge in [-0.25, -0.2) is 0 Å². The molecule has 0 unspecified atom stereocenters. The van der Waals surface area contributed by atoms with E-state index in [1.807, 2.05) is 77.9 Å². The van der Waals surface area contributed by atoms with Gasteiger partial charge in [0.25, 0.3) is 0 Å². The minimum atomic E-state index is -0.108. The van der Waals surface area contributed by atoms with Crippen LogP contribution in [0, 0.1) is 27.7 Å². The number of hydrogen-bond donors (Lipinski definition) is 0. The van der Waals surface area contributed by atoms with Gasteiger partial charge in [0.2, 0.25) is 0 Å². The van der Waals surface area contributed by atoms with Crippen molar-refractivity contribution in [2.45, 2.75) is 41.5 Å². The van der Waals surface area contributed by atoms with E-state index in [1.165, 1.54) is 0 Å². The van der Waals surface area contributed by atoms with Gasteiger partial charge in [-0.3, -0.25) is 0 Å². The Balaban J connectivity index is -0.000000422. The monoisotopic (exact) mass is 480 g/mol. The van der Waals surface area contributed by atoms with Crippen molar-refractivity contribution < 1.29 is 45.2 Å². The van der Waals surface area contributed by atoms with Crippen LogP contribution in [0.2, 0.25) is 0 Å². The number of hydrogen-bond acceptors (Lipinski definition) is 2.